The molecule has 9 heteroatoms. The van der Waals surface area contributed by atoms with Crippen LogP contribution in [-0.4, -0.2) is 62.8 Å². The van der Waals surface area contributed by atoms with Gasteiger partial charge in [-0.1, -0.05) is 6.07 Å². The van der Waals surface area contributed by atoms with Gasteiger partial charge >= 0.3 is 11.8 Å². The molecule has 2 N–H and O–H groups in total. The van der Waals surface area contributed by atoms with E-state index in [-0.39, 0.29) is 19.2 Å². The van der Waals surface area contributed by atoms with Gasteiger partial charge in [-0.25, -0.2) is 4.39 Å². The summed E-state index contributed by atoms with van der Waals surface area (Å²) in [4.78, 5) is 28.6. The molecule has 2 amide bonds. The number of nitrogens with one attached hydrogen (secondary N) is 2. The number of anilines is 1. The minimum atomic E-state index is -0.657. The Morgan fingerprint density at radius 3 is 2.41 bits per heavy atom. The average molecular weight is 442 g/mol. The summed E-state index contributed by atoms with van der Waals surface area (Å²) < 4.78 is 23.6. The van der Waals surface area contributed by atoms with Gasteiger partial charge in [-0.2, -0.15) is 0 Å². The van der Waals surface area contributed by atoms with Crippen molar-refractivity contribution >= 4 is 17.5 Å². The summed E-state index contributed by atoms with van der Waals surface area (Å²) >= 11 is 0. The van der Waals surface area contributed by atoms with Crippen LogP contribution in [-0.2, 0) is 16.1 Å². The highest BCUT2D eigenvalue weighted by molar-refractivity contribution is 6.35. The van der Waals surface area contributed by atoms with E-state index >= 15 is 0 Å². The predicted molar refractivity (Wildman–Crippen MR) is 117 cm³/mol. The van der Waals surface area contributed by atoms with Crippen molar-refractivity contribution in [2.75, 3.05) is 51.0 Å². The lowest BCUT2D eigenvalue weighted by atomic mass is 10.2. The van der Waals surface area contributed by atoms with Gasteiger partial charge in [0.05, 0.1) is 0 Å². The van der Waals surface area contributed by atoms with Crippen LogP contribution in [0.2, 0.25) is 0 Å². The summed E-state index contributed by atoms with van der Waals surface area (Å²) in [5.74, 6) is -0.201. The lowest BCUT2D eigenvalue weighted by Gasteiger charge is -2.36. The molecule has 170 valence electrons. The molecule has 0 aliphatic carbocycles. The Morgan fingerprint density at radius 1 is 0.906 bits per heavy atom. The third-order valence-corrected chi connectivity index (χ3v) is 5.60. The maximum absolute atomic E-state index is 13.1. The van der Waals surface area contributed by atoms with E-state index in [0.29, 0.717) is 18.0 Å². The smallest absolute Gasteiger partial charge is 0.309 e. The molecule has 0 unspecified atom stereocenters. The second-order valence-corrected chi connectivity index (χ2v) is 7.78. The highest BCUT2D eigenvalue weighted by Crippen LogP contribution is 2.32. The summed E-state index contributed by atoms with van der Waals surface area (Å²) in [5, 5.41) is 5.29. The molecule has 2 aliphatic heterocycles. The summed E-state index contributed by atoms with van der Waals surface area (Å²) in [6, 6.07) is 12.0. The van der Waals surface area contributed by atoms with Crippen LogP contribution in [0.15, 0.2) is 42.5 Å². The van der Waals surface area contributed by atoms with Crippen molar-refractivity contribution < 1.29 is 23.5 Å². The molecule has 2 aliphatic rings. The molecule has 32 heavy (non-hydrogen) atoms. The molecule has 0 atom stereocenters. The minimum Gasteiger partial charge on any atom is -0.454 e. The number of amides is 2. The van der Waals surface area contributed by atoms with E-state index in [1.807, 2.05) is 6.07 Å². The number of hydrogen-bond acceptors (Lipinski definition) is 6. The first-order chi connectivity index (χ1) is 15.6. The van der Waals surface area contributed by atoms with Crippen LogP contribution < -0.4 is 25.0 Å². The van der Waals surface area contributed by atoms with E-state index in [2.05, 4.69) is 20.4 Å². The Hall–Kier alpha value is -3.33. The second-order valence-electron chi connectivity index (χ2n) is 7.78. The van der Waals surface area contributed by atoms with Crippen molar-refractivity contribution in [1.82, 2.24) is 15.5 Å². The number of fused-ring (bicyclic) bond motifs is 1. The summed E-state index contributed by atoms with van der Waals surface area (Å²) in [6.07, 6.45) is 0.762. The zero-order chi connectivity index (χ0) is 22.3. The van der Waals surface area contributed by atoms with Gasteiger partial charge in [0, 0.05) is 45.0 Å². The van der Waals surface area contributed by atoms with Crippen LogP contribution in [0.4, 0.5) is 10.1 Å². The molecule has 0 aromatic heterocycles. The van der Waals surface area contributed by atoms with Gasteiger partial charge < -0.3 is 25.0 Å². The third kappa shape index (κ3) is 5.67. The molecule has 1 fully saturated rings. The zero-order valence-electron chi connectivity index (χ0n) is 17.8. The first-order valence-electron chi connectivity index (χ1n) is 10.8. The van der Waals surface area contributed by atoms with Gasteiger partial charge in [-0.3, -0.25) is 14.5 Å². The fourth-order valence-corrected chi connectivity index (χ4v) is 3.78. The van der Waals surface area contributed by atoms with Crippen LogP contribution in [0, 0.1) is 5.82 Å². The fourth-order valence-electron chi connectivity index (χ4n) is 3.78. The van der Waals surface area contributed by atoms with E-state index in [1.54, 1.807) is 24.3 Å². The maximum Gasteiger partial charge on any atom is 0.309 e. The van der Waals surface area contributed by atoms with Gasteiger partial charge in [-0.05, 0) is 54.9 Å². The summed E-state index contributed by atoms with van der Waals surface area (Å²) in [5.41, 5.74) is 1.86. The van der Waals surface area contributed by atoms with Crippen LogP contribution in [0.1, 0.15) is 12.0 Å². The van der Waals surface area contributed by atoms with Gasteiger partial charge in [0.25, 0.3) is 0 Å². The Kier molecular flexibility index (Phi) is 7.06. The number of benzene rings is 2. The SMILES string of the molecule is O=C(NCCCN1CCN(c2ccc(F)cc2)CC1)C(=O)NCc1ccc2c(c1)OCO2. The number of carbonyl (C=O) groups is 2. The van der Waals surface area contributed by atoms with Crippen molar-refractivity contribution in [3.63, 3.8) is 0 Å². The highest BCUT2D eigenvalue weighted by Gasteiger charge is 2.18. The third-order valence-electron chi connectivity index (χ3n) is 5.60. The Balaban J connectivity index is 1.10. The van der Waals surface area contributed by atoms with E-state index in [9.17, 15) is 14.0 Å². The highest BCUT2D eigenvalue weighted by atomic mass is 19.1. The minimum absolute atomic E-state index is 0.192. The Bertz CT molecular complexity index is 946. The molecule has 2 aromatic rings. The molecule has 0 spiro atoms. The van der Waals surface area contributed by atoms with E-state index in [4.69, 9.17) is 9.47 Å². The molecule has 2 heterocycles. The molecule has 1 saturated heterocycles. The zero-order valence-corrected chi connectivity index (χ0v) is 17.8. The molecule has 4 rings (SSSR count). The fraction of sp³-hybridized carbons (Fsp3) is 0.391. The first kappa shape index (κ1) is 21.9. The van der Waals surface area contributed by atoms with Crippen molar-refractivity contribution in [1.29, 1.82) is 0 Å². The lowest BCUT2D eigenvalue weighted by molar-refractivity contribution is -0.139. The van der Waals surface area contributed by atoms with Gasteiger partial charge in [0.2, 0.25) is 6.79 Å². The summed E-state index contributed by atoms with van der Waals surface area (Å²) in [7, 11) is 0. The van der Waals surface area contributed by atoms with Crippen LogP contribution in [0.3, 0.4) is 0 Å². The normalized spacial score (nSPS) is 15.5. The van der Waals surface area contributed by atoms with Crippen molar-refractivity contribution in [3.05, 3.63) is 53.8 Å². The first-order valence-corrected chi connectivity index (χ1v) is 10.8. The maximum atomic E-state index is 13.1. The Labute approximate surface area is 186 Å². The van der Waals surface area contributed by atoms with E-state index in [0.717, 1.165) is 50.4 Å². The predicted octanol–water partition coefficient (Wildman–Crippen LogP) is 1.50. The standard InChI is InChI=1S/C23H27FN4O4/c24-18-3-5-19(6-4-18)28-12-10-27(11-13-28)9-1-8-25-22(29)23(30)26-15-17-2-7-20-21(14-17)32-16-31-20/h2-7,14H,1,8-13,15-16H2,(H,25,29)(H,26,30). The molecular formula is C23H27FN4O4. The van der Waals surface area contributed by atoms with Gasteiger partial charge in [0.15, 0.2) is 11.5 Å². The van der Waals surface area contributed by atoms with Crippen LogP contribution >= 0.6 is 0 Å². The molecule has 0 saturated carbocycles. The van der Waals surface area contributed by atoms with E-state index in [1.165, 1.54) is 12.1 Å². The molecular weight excluding hydrogens is 415 g/mol. The number of halogens is 1. The monoisotopic (exact) mass is 442 g/mol. The number of ether oxygens (including phenoxy) is 2. The molecule has 2 aromatic carbocycles. The van der Waals surface area contributed by atoms with E-state index < -0.39 is 11.8 Å². The van der Waals surface area contributed by atoms with Gasteiger partial charge in [0.1, 0.15) is 5.82 Å². The lowest BCUT2D eigenvalue weighted by Crippen LogP contribution is -2.47. The number of rotatable bonds is 7. The second kappa shape index (κ2) is 10.3. The van der Waals surface area contributed by atoms with Crippen molar-refractivity contribution in [2.45, 2.75) is 13.0 Å². The number of carbonyl (C=O) groups excluding carboxylic acids is 2. The molecule has 0 radical (unpaired) electrons. The van der Waals surface area contributed by atoms with Crippen molar-refractivity contribution in [2.24, 2.45) is 0 Å². The van der Waals surface area contributed by atoms with Crippen LogP contribution in [0.25, 0.3) is 0 Å². The average Bonchev–Trinajstić information content (AvgIpc) is 3.29. The Morgan fingerprint density at radius 2 is 1.62 bits per heavy atom. The van der Waals surface area contributed by atoms with Crippen LogP contribution in [0.5, 0.6) is 11.5 Å². The topological polar surface area (TPSA) is 83.1 Å². The molecule has 8 nitrogen and oxygen atoms in total. The summed E-state index contributed by atoms with van der Waals surface area (Å²) in [6.45, 7) is 5.27. The number of piperazine rings is 1. The largest absolute Gasteiger partial charge is 0.454 e. The molecule has 0 bridgehead atoms. The van der Waals surface area contributed by atoms with Crippen molar-refractivity contribution in [3.8, 4) is 11.5 Å². The number of hydrogen-bond donors (Lipinski definition) is 2. The van der Waals surface area contributed by atoms with Gasteiger partial charge in [-0.15, -0.1) is 0 Å². The number of nitrogens with zero attached hydrogens (tertiary/aromatic N) is 2. The quantitative estimate of drug-likeness (QED) is 0.500.